The van der Waals surface area contributed by atoms with Gasteiger partial charge in [-0.25, -0.2) is 0 Å². The monoisotopic (exact) mass is 230 g/mol. The Morgan fingerprint density at radius 2 is 2.00 bits per heavy atom. The van der Waals surface area contributed by atoms with Gasteiger partial charge in [0.2, 0.25) is 0 Å². The van der Waals surface area contributed by atoms with Crippen LogP contribution in [0.15, 0.2) is 12.0 Å². The summed E-state index contributed by atoms with van der Waals surface area (Å²) in [6.45, 7) is 1.63. The molecule has 2 nitrogen and oxygen atoms in total. The molecule has 0 aromatic rings. The molecule has 0 fully saturated rings. The molecule has 0 aliphatic rings. The molecule has 4 heteroatoms. The standard InChI is InChI=1S/C4H8O2.BrH.Zn/c1-3-4(5)6-2;;/h3,5H,1-2H3;1H;/q;;+2/p-2/b4-3+;;. The summed E-state index contributed by atoms with van der Waals surface area (Å²) in [5.74, 6) is -0.282. The predicted octanol–water partition coefficient (Wildman–Crippen LogP) is -3.14. The predicted molar refractivity (Wildman–Crippen MR) is 20.8 cm³/mol. The van der Waals surface area contributed by atoms with Crippen LogP contribution in [0.2, 0.25) is 0 Å². The molecule has 0 saturated carbocycles. The van der Waals surface area contributed by atoms with Crippen LogP contribution in [-0.4, -0.2) is 7.11 Å². The third-order valence-corrected chi connectivity index (χ3v) is 0.437. The molecule has 0 saturated heterocycles. The second-order valence-electron chi connectivity index (χ2n) is 0.812. The molecule has 0 bridgehead atoms. The number of halogens is 1. The van der Waals surface area contributed by atoms with E-state index in [4.69, 9.17) is 0 Å². The van der Waals surface area contributed by atoms with Gasteiger partial charge in [-0.1, -0.05) is 6.08 Å². The van der Waals surface area contributed by atoms with E-state index in [0.29, 0.717) is 0 Å². The number of hydrogen-bond acceptors (Lipinski definition) is 2. The smallest absolute Gasteiger partial charge is 1.00 e. The Morgan fingerprint density at radius 3 is 2.00 bits per heavy atom. The molecule has 0 N–H and O–H groups in total. The minimum absolute atomic E-state index is 0. The molecule has 0 unspecified atom stereocenters. The van der Waals surface area contributed by atoms with E-state index in [9.17, 15) is 5.11 Å². The van der Waals surface area contributed by atoms with Crippen LogP contribution in [-0.2, 0) is 24.2 Å². The van der Waals surface area contributed by atoms with Crippen LogP contribution in [0.25, 0.3) is 0 Å². The molecule has 0 atom stereocenters. The molecule has 0 aromatic heterocycles. The molecular formula is C4H7BrO2Zn. The van der Waals surface area contributed by atoms with Crippen molar-refractivity contribution in [1.29, 1.82) is 0 Å². The van der Waals surface area contributed by atoms with Gasteiger partial charge < -0.3 is 26.8 Å². The van der Waals surface area contributed by atoms with Crippen molar-refractivity contribution in [2.75, 3.05) is 7.11 Å². The number of rotatable bonds is 1. The molecule has 0 aliphatic carbocycles. The Hall–Kier alpha value is 0.443. The first-order valence-corrected chi connectivity index (χ1v) is 1.68. The van der Waals surface area contributed by atoms with E-state index in [1.165, 1.54) is 13.2 Å². The average Bonchev–Trinajstić information content (AvgIpc) is 1.65. The van der Waals surface area contributed by atoms with Gasteiger partial charge in [0.15, 0.2) is 0 Å². The zero-order valence-corrected chi connectivity index (χ0v) is 9.53. The second kappa shape index (κ2) is 10.4. The summed E-state index contributed by atoms with van der Waals surface area (Å²) >= 11 is 0. The maximum Gasteiger partial charge on any atom is 2.00 e. The minimum Gasteiger partial charge on any atom is -1.00 e. The Balaban J connectivity index is -0.000000125. The van der Waals surface area contributed by atoms with Crippen LogP contribution in [0.4, 0.5) is 0 Å². The van der Waals surface area contributed by atoms with E-state index < -0.39 is 0 Å². The molecule has 0 radical (unpaired) electrons. The zero-order valence-electron chi connectivity index (χ0n) is 4.98. The summed E-state index contributed by atoms with van der Waals surface area (Å²) < 4.78 is 4.20. The van der Waals surface area contributed by atoms with Gasteiger partial charge in [0, 0.05) is 5.95 Å². The summed E-state index contributed by atoms with van der Waals surface area (Å²) in [7, 11) is 1.35. The number of methoxy groups -OCH3 is 1. The van der Waals surface area contributed by atoms with Crippen molar-refractivity contribution in [2.24, 2.45) is 0 Å². The minimum atomic E-state index is -0.282. The van der Waals surface area contributed by atoms with Crippen LogP contribution in [0.3, 0.4) is 0 Å². The number of hydrogen-bond donors (Lipinski definition) is 0. The first-order valence-electron chi connectivity index (χ1n) is 1.68. The van der Waals surface area contributed by atoms with E-state index in [-0.39, 0.29) is 42.4 Å². The van der Waals surface area contributed by atoms with Crippen LogP contribution < -0.4 is 22.1 Å². The van der Waals surface area contributed by atoms with E-state index in [1.54, 1.807) is 6.92 Å². The maximum atomic E-state index is 9.90. The van der Waals surface area contributed by atoms with Gasteiger partial charge in [-0.05, 0) is 14.0 Å². The molecule has 44 valence electrons. The van der Waals surface area contributed by atoms with Gasteiger partial charge in [-0.2, -0.15) is 0 Å². The van der Waals surface area contributed by atoms with Gasteiger partial charge in [-0.3, -0.25) is 0 Å². The first kappa shape index (κ1) is 15.8. The molecular weight excluding hydrogens is 225 g/mol. The van der Waals surface area contributed by atoms with Crippen LogP contribution in [0, 0.1) is 0 Å². The number of allylic oxidation sites excluding steroid dienone is 1. The van der Waals surface area contributed by atoms with E-state index in [1.807, 2.05) is 0 Å². The topological polar surface area (TPSA) is 32.3 Å². The largest absolute Gasteiger partial charge is 2.00 e. The fourth-order valence-electron chi connectivity index (χ4n) is 0.118. The van der Waals surface area contributed by atoms with Crippen LogP contribution >= 0.6 is 0 Å². The molecule has 0 aromatic carbocycles. The van der Waals surface area contributed by atoms with Crippen molar-refractivity contribution >= 4 is 0 Å². The SMILES string of the molecule is C/C=C(\[O-])OC.[Br-].[Zn+2]. The zero-order chi connectivity index (χ0) is 4.99. The van der Waals surface area contributed by atoms with Crippen LogP contribution in [0.5, 0.6) is 0 Å². The van der Waals surface area contributed by atoms with Crippen molar-refractivity contribution in [3.8, 4) is 0 Å². The maximum absolute atomic E-state index is 9.90. The Kier molecular flexibility index (Phi) is 20.6. The summed E-state index contributed by atoms with van der Waals surface area (Å²) in [4.78, 5) is 0. The fourth-order valence-corrected chi connectivity index (χ4v) is 0.118. The van der Waals surface area contributed by atoms with Crippen molar-refractivity contribution in [2.45, 2.75) is 6.92 Å². The van der Waals surface area contributed by atoms with Gasteiger partial charge in [-0.15, -0.1) is 0 Å². The molecule has 0 spiro atoms. The van der Waals surface area contributed by atoms with E-state index in [2.05, 4.69) is 4.74 Å². The molecule has 0 aliphatic heterocycles. The molecule has 0 rings (SSSR count). The Morgan fingerprint density at radius 1 is 1.62 bits per heavy atom. The normalized spacial score (nSPS) is 8.50. The van der Waals surface area contributed by atoms with Gasteiger partial charge in [0.25, 0.3) is 0 Å². The molecule has 0 amide bonds. The fraction of sp³-hybridized carbons (Fsp3) is 0.500. The third-order valence-electron chi connectivity index (χ3n) is 0.437. The Labute approximate surface area is 72.4 Å². The Bertz CT molecular complexity index is 65.1. The van der Waals surface area contributed by atoms with E-state index >= 15 is 0 Å². The van der Waals surface area contributed by atoms with E-state index in [0.717, 1.165) is 0 Å². The average molecular weight is 232 g/mol. The van der Waals surface area contributed by atoms with Crippen molar-refractivity contribution in [3.63, 3.8) is 0 Å². The second-order valence-corrected chi connectivity index (χ2v) is 0.812. The molecule has 8 heavy (non-hydrogen) atoms. The summed E-state index contributed by atoms with van der Waals surface area (Å²) in [5.41, 5.74) is 0. The summed E-state index contributed by atoms with van der Waals surface area (Å²) in [5, 5.41) is 9.90. The third kappa shape index (κ3) is 9.67. The van der Waals surface area contributed by atoms with Crippen molar-refractivity contribution in [1.82, 2.24) is 0 Å². The van der Waals surface area contributed by atoms with Gasteiger partial charge in [0.1, 0.15) is 0 Å². The van der Waals surface area contributed by atoms with Gasteiger partial charge in [0.05, 0.1) is 0 Å². The van der Waals surface area contributed by atoms with Gasteiger partial charge >= 0.3 is 19.5 Å². The van der Waals surface area contributed by atoms with Crippen LogP contribution in [0.1, 0.15) is 6.92 Å². The summed E-state index contributed by atoms with van der Waals surface area (Å²) in [6, 6.07) is 0. The molecule has 0 heterocycles. The van der Waals surface area contributed by atoms with Crippen molar-refractivity contribution in [3.05, 3.63) is 12.0 Å². The summed E-state index contributed by atoms with van der Waals surface area (Å²) in [6.07, 6.45) is 1.36. The van der Waals surface area contributed by atoms with Crippen molar-refractivity contribution < 1.29 is 46.3 Å². The number of ether oxygens (including phenoxy) is 1. The quantitative estimate of drug-likeness (QED) is 0.353. The first-order chi connectivity index (χ1) is 2.81.